The predicted molar refractivity (Wildman–Crippen MR) is 64.6 cm³/mol. The number of nitrogens with one attached hydrogen (secondary N) is 1. The summed E-state index contributed by atoms with van der Waals surface area (Å²) in [6, 6.07) is 5.31. The Kier molecular flexibility index (Phi) is 4.45. The lowest BCUT2D eigenvalue weighted by molar-refractivity contribution is -0.112. The van der Waals surface area contributed by atoms with E-state index in [4.69, 9.17) is 34.8 Å². The third kappa shape index (κ3) is 3.13. The molecule has 0 radical (unpaired) electrons. The van der Waals surface area contributed by atoms with Gasteiger partial charge in [-0.2, -0.15) is 0 Å². The van der Waals surface area contributed by atoms with E-state index >= 15 is 0 Å². The number of carbonyl (C=O) groups excluding carboxylic acids is 1. The molecule has 1 rings (SSSR count). The van der Waals surface area contributed by atoms with Gasteiger partial charge in [0.25, 0.3) is 5.91 Å². The third-order valence-corrected chi connectivity index (χ3v) is 2.70. The maximum atomic E-state index is 11.4. The van der Waals surface area contributed by atoms with Crippen LogP contribution in [0.1, 0.15) is 5.56 Å². The Bertz CT molecular complexity index is 395. The van der Waals surface area contributed by atoms with E-state index in [9.17, 15) is 4.79 Å². The molecule has 0 spiro atoms. The molecule has 0 aliphatic carbocycles. The molecule has 1 N–H and O–H groups in total. The van der Waals surface area contributed by atoms with Gasteiger partial charge in [0.1, 0.15) is 5.03 Å². The summed E-state index contributed by atoms with van der Waals surface area (Å²) in [6.45, 7) is 1.83. The monoisotopic (exact) mass is 263 g/mol. The van der Waals surface area contributed by atoms with Crippen molar-refractivity contribution in [1.82, 2.24) is 0 Å². The molecule has 0 heterocycles. The molecule has 0 aliphatic heterocycles. The van der Waals surface area contributed by atoms with Gasteiger partial charge < -0.3 is 5.32 Å². The zero-order chi connectivity index (χ0) is 11.4. The second-order valence-electron chi connectivity index (χ2n) is 2.84. The lowest BCUT2D eigenvalue weighted by Gasteiger charge is -2.09. The van der Waals surface area contributed by atoms with Gasteiger partial charge in [-0.3, -0.25) is 4.79 Å². The Hall–Kier alpha value is -0.700. The average molecular weight is 265 g/mol. The van der Waals surface area contributed by atoms with Crippen molar-refractivity contribution < 1.29 is 4.79 Å². The number of aryl methyl sites for hydroxylation is 1. The Labute approximate surface area is 103 Å². The van der Waals surface area contributed by atoms with E-state index in [1.165, 1.54) is 0 Å². The minimum Gasteiger partial charge on any atom is -0.320 e. The van der Waals surface area contributed by atoms with Crippen LogP contribution in [-0.2, 0) is 4.79 Å². The first-order chi connectivity index (χ1) is 7.06. The highest BCUT2D eigenvalue weighted by atomic mass is 35.5. The van der Waals surface area contributed by atoms with Gasteiger partial charge in [-0.15, -0.1) is 0 Å². The zero-order valence-electron chi connectivity index (χ0n) is 7.85. The average Bonchev–Trinajstić information content (AvgIpc) is 2.22. The number of hydrogen-bond donors (Lipinski definition) is 1. The summed E-state index contributed by atoms with van der Waals surface area (Å²) in [6.07, 6.45) is 0. The number of para-hydroxylation sites is 1. The summed E-state index contributed by atoms with van der Waals surface area (Å²) in [4.78, 5) is 11.4. The van der Waals surface area contributed by atoms with Crippen molar-refractivity contribution in [3.05, 3.63) is 39.4 Å². The van der Waals surface area contributed by atoms with E-state index in [1.54, 1.807) is 12.1 Å². The van der Waals surface area contributed by atoms with Crippen molar-refractivity contribution in [3.63, 3.8) is 0 Å². The number of rotatable bonds is 2. The number of carbonyl (C=O) groups is 1. The van der Waals surface area contributed by atoms with Crippen molar-refractivity contribution in [1.29, 1.82) is 0 Å². The van der Waals surface area contributed by atoms with Crippen LogP contribution in [0.15, 0.2) is 28.8 Å². The summed E-state index contributed by atoms with van der Waals surface area (Å²) in [5, 5.41) is 2.95. The first kappa shape index (κ1) is 12.4. The molecular formula is C10H8Cl3NO. The summed E-state index contributed by atoms with van der Waals surface area (Å²) < 4.78 is 0. The minimum atomic E-state index is -0.483. The lowest BCUT2D eigenvalue weighted by atomic mass is 10.2. The van der Waals surface area contributed by atoms with Crippen molar-refractivity contribution in [3.8, 4) is 0 Å². The van der Waals surface area contributed by atoms with Crippen LogP contribution in [0.25, 0.3) is 0 Å². The highest BCUT2D eigenvalue weighted by Crippen LogP contribution is 2.25. The van der Waals surface area contributed by atoms with Gasteiger partial charge in [-0.25, -0.2) is 0 Å². The van der Waals surface area contributed by atoms with Crippen molar-refractivity contribution in [2.75, 3.05) is 5.32 Å². The molecule has 1 aromatic carbocycles. The van der Waals surface area contributed by atoms with Crippen LogP contribution in [-0.4, -0.2) is 5.91 Å². The maximum absolute atomic E-state index is 11.4. The summed E-state index contributed by atoms with van der Waals surface area (Å²) in [5.41, 5.74) is 2.40. The molecular weight excluding hydrogens is 256 g/mol. The molecule has 0 saturated carbocycles. The van der Waals surface area contributed by atoms with Gasteiger partial charge in [0.15, 0.2) is 0 Å². The van der Waals surface area contributed by atoms with Crippen LogP contribution in [0, 0.1) is 6.92 Å². The van der Waals surface area contributed by atoms with Gasteiger partial charge >= 0.3 is 0 Å². The molecule has 2 nitrogen and oxygen atoms in total. The van der Waals surface area contributed by atoms with Crippen molar-refractivity contribution >= 4 is 46.4 Å². The normalized spacial score (nSPS) is 11.3. The fourth-order valence-corrected chi connectivity index (χ4v) is 1.43. The lowest BCUT2D eigenvalue weighted by Crippen LogP contribution is -2.12. The SMILES string of the molecule is Cc1cccc(Cl)c1NC(=O)C(Cl)=CCl. The molecule has 0 unspecified atom stereocenters. The second-order valence-corrected chi connectivity index (χ2v) is 3.88. The highest BCUT2D eigenvalue weighted by Gasteiger charge is 2.10. The Balaban J connectivity index is 2.95. The summed E-state index contributed by atoms with van der Waals surface area (Å²) in [5.74, 6) is -0.483. The molecule has 0 aliphatic rings. The van der Waals surface area contributed by atoms with E-state index in [0.717, 1.165) is 11.1 Å². The Morgan fingerprint density at radius 1 is 1.47 bits per heavy atom. The molecule has 0 aromatic heterocycles. The molecule has 0 bridgehead atoms. The largest absolute Gasteiger partial charge is 0.320 e. The van der Waals surface area contributed by atoms with E-state index in [0.29, 0.717) is 10.7 Å². The fraction of sp³-hybridized carbons (Fsp3) is 0.100. The number of amides is 1. The quantitative estimate of drug-likeness (QED) is 0.806. The molecule has 0 fully saturated rings. The number of anilines is 1. The van der Waals surface area contributed by atoms with Crippen LogP contribution in [0.2, 0.25) is 5.02 Å². The standard InChI is InChI=1S/C10H8Cl3NO/c1-6-3-2-4-7(12)9(6)14-10(15)8(13)5-11/h2-5H,1H3,(H,14,15). The van der Waals surface area contributed by atoms with Gasteiger partial charge in [0.2, 0.25) is 0 Å². The maximum Gasteiger partial charge on any atom is 0.268 e. The van der Waals surface area contributed by atoms with Crippen LogP contribution in [0.5, 0.6) is 0 Å². The highest BCUT2D eigenvalue weighted by molar-refractivity contribution is 6.48. The Morgan fingerprint density at radius 3 is 2.67 bits per heavy atom. The topological polar surface area (TPSA) is 29.1 Å². The van der Waals surface area contributed by atoms with Crippen molar-refractivity contribution in [2.45, 2.75) is 6.92 Å². The third-order valence-electron chi connectivity index (χ3n) is 1.77. The van der Waals surface area contributed by atoms with E-state index < -0.39 is 5.91 Å². The predicted octanol–water partition coefficient (Wildman–Crippen LogP) is 3.91. The summed E-state index contributed by atoms with van der Waals surface area (Å²) in [7, 11) is 0. The molecule has 5 heteroatoms. The van der Waals surface area contributed by atoms with Crippen LogP contribution >= 0.6 is 34.8 Å². The summed E-state index contributed by atoms with van der Waals surface area (Å²) >= 11 is 16.8. The molecule has 80 valence electrons. The molecule has 0 saturated heterocycles. The van der Waals surface area contributed by atoms with E-state index in [2.05, 4.69) is 5.32 Å². The van der Waals surface area contributed by atoms with Gasteiger partial charge in [-0.05, 0) is 18.6 Å². The second kappa shape index (κ2) is 5.40. The number of hydrogen-bond acceptors (Lipinski definition) is 1. The van der Waals surface area contributed by atoms with Crippen LogP contribution in [0.3, 0.4) is 0 Å². The molecule has 0 atom stereocenters. The van der Waals surface area contributed by atoms with E-state index in [1.807, 2.05) is 13.0 Å². The molecule has 1 aromatic rings. The van der Waals surface area contributed by atoms with Crippen molar-refractivity contribution in [2.24, 2.45) is 0 Å². The smallest absolute Gasteiger partial charge is 0.268 e. The molecule has 1 amide bonds. The minimum absolute atomic E-state index is 0.0870. The van der Waals surface area contributed by atoms with Gasteiger partial charge in [0, 0.05) is 5.54 Å². The van der Waals surface area contributed by atoms with Gasteiger partial charge in [-0.1, -0.05) is 46.9 Å². The zero-order valence-corrected chi connectivity index (χ0v) is 10.1. The van der Waals surface area contributed by atoms with Gasteiger partial charge in [0.05, 0.1) is 10.7 Å². The van der Waals surface area contributed by atoms with E-state index in [-0.39, 0.29) is 5.03 Å². The van der Waals surface area contributed by atoms with Crippen LogP contribution in [0.4, 0.5) is 5.69 Å². The first-order valence-electron chi connectivity index (χ1n) is 4.08. The van der Waals surface area contributed by atoms with Crippen LogP contribution < -0.4 is 5.32 Å². The molecule has 15 heavy (non-hydrogen) atoms. The fourth-order valence-electron chi connectivity index (χ4n) is 1.01. The number of halogens is 3. The Morgan fingerprint density at radius 2 is 2.13 bits per heavy atom. The number of benzene rings is 1. The first-order valence-corrected chi connectivity index (χ1v) is 5.28.